The van der Waals surface area contributed by atoms with Crippen LogP contribution in [0.2, 0.25) is 0 Å². The van der Waals surface area contributed by atoms with Gasteiger partial charge >= 0.3 is 0 Å². The van der Waals surface area contributed by atoms with E-state index >= 15 is 0 Å². The minimum Gasteiger partial charge on any atom is -0.313 e. The van der Waals surface area contributed by atoms with Crippen LogP contribution in [0.5, 0.6) is 0 Å². The minimum absolute atomic E-state index is 0.806. The second-order valence-corrected chi connectivity index (χ2v) is 7.96. The van der Waals surface area contributed by atoms with Gasteiger partial charge in [-0.1, -0.05) is 39.5 Å². The molecular formula is C16H31NS. The van der Waals surface area contributed by atoms with Gasteiger partial charge in [-0.3, -0.25) is 0 Å². The van der Waals surface area contributed by atoms with E-state index in [4.69, 9.17) is 0 Å². The Morgan fingerprint density at radius 2 is 1.89 bits per heavy atom. The molecule has 18 heavy (non-hydrogen) atoms. The lowest BCUT2D eigenvalue weighted by Gasteiger charge is -2.36. The molecule has 0 aromatic heterocycles. The van der Waals surface area contributed by atoms with Crippen molar-refractivity contribution in [1.82, 2.24) is 5.32 Å². The Bertz CT molecular complexity index is 231. The van der Waals surface area contributed by atoms with Gasteiger partial charge in [-0.25, -0.2) is 0 Å². The van der Waals surface area contributed by atoms with Crippen molar-refractivity contribution >= 4 is 11.8 Å². The van der Waals surface area contributed by atoms with E-state index in [0.29, 0.717) is 0 Å². The maximum Gasteiger partial charge on any atom is 0.0203 e. The van der Waals surface area contributed by atoms with Gasteiger partial charge in [-0.15, -0.1) is 0 Å². The fourth-order valence-electron chi connectivity index (χ4n) is 3.57. The number of rotatable bonds is 5. The maximum absolute atomic E-state index is 3.80. The Morgan fingerprint density at radius 3 is 2.67 bits per heavy atom. The molecule has 0 heterocycles. The van der Waals surface area contributed by atoms with Crippen LogP contribution in [0.15, 0.2) is 0 Å². The molecule has 0 aliphatic heterocycles. The van der Waals surface area contributed by atoms with Crippen LogP contribution < -0.4 is 5.32 Å². The molecule has 0 spiro atoms. The largest absolute Gasteiger partial charge is 0.313 e. The molecule has 0 saturated heterocycles. The molecule has 1 nitrogen and oxygen atoms in total. The molecule has 2 heteroatoms. The van der Waals surface area contributed by atoms with Crippen LogP contribution >= 0.6 is 11.8 Å². The van der Waals surface area contributed by atoms with Crippen molar-refractivity contribution < 1.29 is 0 Å². The van der Waals surface area contributed by atoms with Gasteiger partial charge in [0.2, 0.25) is 0 Å². The number of hydrogen-bond donors (Lipinski definition) is 1. The van der Waals surface area contributed by atoms with E-state index in [0.717, 1.165) is 22.5 Å². The molecule has 2 fully saturated rings. The second kappa shape index (κ2) is 7.79. The molecule has 4 atom stereocenters. The molecule has 106 valence electrons. The maximum atomic E-state index is 3.80. The minimum atomic E-state index is 0.806. The highest BCUT2D eigenvalue weighted by molar-refractivity contribution is 8.00. The van der Waals surface area contributed by atoms with Crippen LogP contribution in [0.1, 0.15) is 71.6 Å². The Hall–Kier alpha value is 0.310. The van der Waals surface area contributed by atoms with Crippen molar-refractivity contribution in [1.29, 1.82) is 0 Å². The predicted octanol–water partition coefficient (Wildman–Crippen LogP) is 4.61. The topological polar surface area (TPSA) is 12.0 Å². The lowest BCUT2D eigenvalue weighted by molar-refractivity contribution is 0.373. The van der Waals surface area contributed by atoms with E-state index < -0.39 is 0 Å². The van der Waals surface area contributed by atoms with Gasteiger partial charge in [0.15, 0.2) is 0 Å². The third-order valence-electron chi connectivity index (χ3n) is 4.61. The van der Waals surface area contributed by atoms with E-state index in [1.165, 1.54) is 64.3 Å². The molecule has 0 aromatic rings. The van der Waals surface area contributed by atoms with Crippen molar-refractivity contribution in [3.63, 3.8) is 0 Å². The SMILES string of the molecule is CCCNC1CCCCC1SC1CCCC(C)C1. The van der Waals surface area contributed by atoms with Gasteiger partial charge < -0.3 is 5.32 Å². The standard InChI is InChI=1S/C16H31NS/c1-3-11-17-15-9-4-5-10-16(15)18-14-8-6-7-13(2)12-14/h13-17H,3-12H2,1-2H3. The molecule has 0 aromatic carbocycles. The molecule has 4 unspecified atom stereocenters. The van der Waals surface area contributed by atoms with Crippen molar-refractivity contribution in [2.45, 2.75) is 88.2 Å². The van der Waals surface area contributed by atoms with Crippen LogP contribution in [0.3, 0.4) is 0 Å². The average molecular weight is 269 g/mol. The number of nitrogens with one attached hydrogen (secondary N) is 1. The first-order valence-electron chi connectivity index (χ1n) is 8.18. The van der Waals surface area contributed by atoms with Crippen LogP contribution in [0.4, 0.5) is 0 Å². The predicted molar refractivity (Wildman–Crippen MR) is 83.3 cm³/mol. The monoisotopic (exact) mass is 269 g/mol. The van der Waals surface area contributed by atoms with Crippen molar-refractivity contribution in [2.75, 3.05) is 6.54 Å². The molecule has 2 saturated carbocycles. The summed E-state index contributed by atoms with van der Waals surface area (Å²) in [6, 6.07) is 0.806. The summed E-state index contributed by atoms with van der Waals surface area (Å²) in [6.45, 7) is 5.93. The Kier molecular flexibility index (Phi) is 6.37. The zero-order valence-electron chi connectivity index (χ0n) is 12.3. The zero-order chi connectivity index (χ0) is 12.8. The Balaban J connectivity index is 1.80. The summed E-state index contributed by atoms with van der Waals surface area (Å²) in [7, 11) is 0. The summed E-state index contributed by atoms with van der Waals surface area (Å²) < 4.78 is 0. The summed E-state index contributed by atoms with van der Waals surface area (Å²) in [4.78, 5) is 0. The van der Waals surface area contributed by atoms with Gasteiger partial charge in [-0.05, 0) is 44.6 Å². The summed E-state index contributed by atoms with van der Waals surface area (Å²) in [5.74, 6) is 0.974. The fraction of sp³-hybridized carbons (Fsp3) is 1.00. The lowest BCUT2D eigenvalue weighted by Crippen LogP contribution is -2.41. The van der Waals surface area contributed by atoms with Crippen molar-refractivity contribution in [2.24, 2.45) is 5.92 Å². The van der Waals surface area contributed by atoms with Crippen LogP contribution in [0.25, 0.3) is 0 Å². The smallest absolute Gasteiger partial charge is 0.0203 e. The number of thioether (sulfide) groups is 1. The van der Waals surface area contributed by atoms with Crippen LogP contribution in [0, 0.1) is 5.92 Å². The third kappa shape index (κ3) is 4.45. The highest BCUT2D eigenvalue weighted by atomic mass is 32.2. The van der Waals surface area contributed by atoms with E-state index in [-0.39, 0.29) is 0 Å². The van der Waals surface area contributed by atoms with Gasteiger partial charge in [0.05, 0.1) is 0 Å². The molecule has 0 bridgehead atoms. The van der Waals surface area contributed by atoms with Crippen LogP contribution in [-0.4, -0.2) is 23.1 Å². The second-order valence-electron chi connectivity index (χ2n) is 6.41. The van der Waals surface area contributed by atoms with Gasteiger partial charge in [-0.2, -0.15) is 11.8 Å². The summed E-state index contributed by atoms with van der Waals surface area (Å²) >= 11 is 2.34. The van der Waals surface area contributed by atoms with Gasteiger partial charge in [0, 0.05) is 16.5 Å². The highest BCUT2D eigenvalue weighted by Crippen LogP contribution is 2.38. The van der Waals surface area contributed by atoms with Crippen molar-refractivity contribution in [3.8, 4) is 0 Å². The average Bonchev–Trinajstić information content (AvgIpc) is 2.38. The summed E-state index contributed by atoms with van der Waals surface area (Å²) in [5, 5.41) is 5.67. The third-order valence-corrected chi connectivity index (χ3v) is 6.34. The molecule has 2 aliphatic rings. The van der Waals surface area contributed by atoms with E-state index in [9.17, 15) is 0 Å². The van der Waals surface area contributed by atoms with E-state index in [2.05, 4.69) is 30.9 Å². The normalized spacial score (nSPS) is 37.7. The lowest BCUT2D eigenvalue weighted by atomic mass is 9.90. The molecule has 2 rings (SSSR count). The highest BCUT2D eigenvalue weighted by Gasteiger charge is 2.29. The van der Waals surface area contributed by atoms with E-state index in [1.807, 2.05) is 0 Å². The first-order valence-corrected chi connectivity index (χ1v) is 9.12. The van der Waals surface area contributed by atoms with Gasteiger partial charge in [0.25, 0.3) is 0 Å². The summed E-state index contributed by atoms with van der Waals surface area (Å²) in [6.07, 6.45) is 12.9. The zero-order valence-corrected chi connectivity index (χ0v) is 13.1. The number of hydrogen-bond acceptors (Lipinski definition) is 2. The quantitative estimate of drug-likeness (QED) is 0.782. The molecule has 0 radical (unpaired) electrons. The van der Waals surface area contributed by atoms with Crippen LogP contribution in [-0.2, 0) is 0 Å². The first-order chi connectivity index (χ1) is 8.79. The van der Waals surface area contributed by atoms with E-state index in [1.54, 1.807) is 0 Å². The summed E-state index contributed by atoms with van der Waals surface area (Å²) in [5.41, 5.74) is 0. The molecule has 1 N–H and O–H groups in total. The first kappa shape index (κ1) is 14.7. The fourth-order valence-corrected chi connectivity index (χ4v) is 5.53. The van der Waals surface area contributed by atoms with Gasteiger partial charge in [0.1, 0.15) is 0 Å². The Morgan fingerprint density at radius 1 is 1.06 bits per heavy atom. The van der Waals surface area contributed by atoms with Crippen molar-refractivity contribution in [3.05, 3.63) is 0 Å². The molecule has 0 amide bonds. The molecular weight excluding hydrogens is 238 g/mol. The molecule has 2 aliphatic carbocycles. The Labute approximate surface area is 118 Å².